The van der Waals surface area contributed by atoms with Gasteiger partial charge in [-0.05, 0) is 12.1 Å². The van der Waals surface area contributed by atoms with Crippen molar-refractivity contribution in [1.29, 1.82) is 0 Å². The Balaban J connectivity index is 0. The van der Waals surface area contributed by atoms with E-state index in [0.29, 0.717) is 4.90 Å². The number of benzene rings is 1. The Morgan fingerprint density at radius 1 is 1.25 bits per heavy atom. The summed E-state index contributed by atoms with van der Waals surface area (Å²) in [6, 6.07) is 9.05. The second kappa shape index (κ2) is 7.91. The quantitative estimate of drug-likeness (QED) is 0.634. The zero-order chi connectivity index (χ0) is 7.40. The van der Waals surface area contributed by atoms with E-state index >= 15 is 0 Å². The summed E-state index contributed by atoms with van der Waals surface area (Å²) in [7, 11) is 1.42. The summed E-state index contributed by atoms with van der Waals surface area (Å²) in [5, 5.41) is 0. The van der Waals surface area contributed by atoms with Crippen LogP contribution in [0.1, 0.15) is 0 Å². The van der Waals surface area contributed by atoms with Gasteiger partial charge in [0.2, 0.25) is 0 Å². The molecule has 0 aliphatic rings. The normalized spacial score (nSPS) is 10.8. The minimum absolute atomic E-state index is 0. The number of hydrogen-bond acceptors (Lipinski definition) is 2. The smallest absolute Gasteiger partial charge is 0.188 e. The Labute approximate surface area is 96.4 Å². The Hall–Kier alpha value is 0.290. The molecule has 1 atom stereocenters. The van der Waals surface area contributed by atoms with Crippen LogP contribution in [0.4, 0.5) is 0 Å². The second-order valence-corrected chi connectivity index (χ2v) is 2.99. The van der Waals surface area contributed by atoms with Gasteiger partial charge in [0.25, 0.3) is 0 Å². The van der Waals surface area contributed by atoms with Gasteiger partial charge in [-0.25, -0.2) is 4.21 Å². The van der Waals surface area contributed by atoms with Gasteiger partial charge in [-0.3, -0.25) is 4.18 Å². The zero-order valence-corrected chi connectivity index (χ0v) is 9.93. The molecule has 0 heterocycles. The Morgan fingerprint density at radius 2 is 1.75 bits per heavy atom. The summed E-state index contributed by atoms with van der Waals surface area (Å²) < 4.78 is 15.5. The third kappa shape index (κ3) is 4.35. The molecule has 0 saturated carbocycles. The Morgan fingerprint density at radius 3 is 2.17 bits per heavy atom. The minimum atomic E-state index is -1.29. The van der Waals surface area contributed by atoms with Crippen molar-refractivity contribution >= 4 is 40.6 Å². The molecule has 1 aromatic carbocycles. The van der Waals surface area contributed by atoms with E-state index in [1.165, 1.54) is 7.11 Å². The largest absolute Gasteiger partial charge is 0.412 e. The van der Waals surface area contributed by atoms with Gasteiger partial charge >= 0.3 is 0 Å². The van der Waals surface area contributed by atoms with Crippen molar-refractivity contribution in [3.8, 4) is 0 Å². The molecule has 0 aliphatic carbocycles. The van der Waals surface area contributed by atoms with E-state index in [4.69, 9.17) is 0 Å². The van der Waals surface area contributed by atoms with Crippen molar-refractivity contribution < 1.29 is 13.9 Å². The maximum Gasteiger partial charge on any atom is 0.188 e. The summed E-state index contributed by atoms with van der Waals surface area (Å²) in [5.41, 5.74) is 0. The van der Waals surface area contributed by atoms with E-state index in [1.54, 1.807) is 12.1 Å². The van der Waals surface area contributed by atoms with E-state index in [0.717, 1.165) is 0 Å². The van der Waals surface area contributed by atoms with Gasteiger partial charge in [0.05, 0.1) is 12.0 Å². The molecule has 0 fully saturated rings. The molecule has 3 nitrogen and oxygen atoms in total. The predicted octanol–water partition coefficient (Wildman–Crippen LogP) is 0.150. The number of rotatable bonds is 2. The van der Waals surface area contributed by atoms with Crippen LogP contribution in [0.5, 0.6) is 0 Å². The monoisotopic (exact) mass is 197 g/mol. The zero-order valence-electron chi connectivity index (χ0n) is 7.11. The van der Waals surface area contributed by atoms with Crippen LogP contribution < -0.4 is 0 Å². The van der Waals surface area contributed by atoms with Crippen LogP contribution in [0.2, 0.25) is 0 Å². The van der Waals surface area contributed by atoms with Crippen LogP contribution in [-0.2, 0) is 15.3 Å². The Kier molecular flexibility index (Phi) is 9.76. The van der Waals surface area contributed by atoms with Crippen LogP contribution in [-0.4, -0.2) is 46.4 Å². The van der Waals surface area contributed by atoms with Gasteiger partial charge in [0.1, 0.15) is 0 Å². The van der Waals surface area contributed by atoms with Crippen molar-refractivity contribution in [1.82, 2.24) is 0 Å². The molecule has 5 heteroatoms. The molecule has 0 saturated heterocycles. The van der Waals surface area contributed by atoms with Gasteiger partial charge in [0, 0.05) is 29.6 Å². The first kappa shape index (κ1) is 14.8. The van der Waals surface area contributed by atoms with Gasteiger partial charge in [-0.1, -0.05) is 18.2 Å². The summed E-state index contributed by atoms with van der Waals surface area (Å²) in [5.74, 6) is 0. The maximum atomic E-state index is 10.9. The van der Waals surface area contributed by atoms with Gasteiger partial charge in [0.15, 0.2) is 11.1 Å². The minimum Gasteiger partial charge on any atom is -0.412 e. The average molecular weight is 197 g/mol. The van der Waals surface area contributed by atoms with Gasteiger partial charge in [-0.2, -0.15) is 0 Å². The van der Waals surface area contributed by atoms with Crippen molar-refractivity contribution in [2.24, 2.45) is 0 Å². The van der Waals surface area contributed by atoms with Crippen LogP contribution >= 0.6 is 0 Å². The van der Waals surface area contributed by atoms with E-state index in [1.807, 2.05) is 18.2 Å². The van der Waals surface area contributed by atoms with Crippen molar-refractivity contribution in [2.75, 3.05) is 7.11 Å². The molecule has 12 heavy (non-hydrogen) atoms. The number of hydrogen-bond donors (Lipinski definition) is 0. The molecular weight excluding hydrogens is 187 g/mol. The maximum absolute atomic E-state index is 10.9. The molecule has 0 amide bonds. The molecule has 1 radical (unpaired) electrons. The first-order chi connectivity index (χ1) is 4.84. The fraction of sp³-hybridized carbons (Fsp3) is 0.143. The first-order valence-corrected chi connectivity index (χ1v) is 3.93. The van der Waals surface area contributed by atoms with Crippen LogP contribution in [0.15, 0.2) is 35.2 Å². The molecule has 2 N–H and O–H groups in total. The molecule has 1 unspecified atom stereocenters. The fourth-order valence-corrected chi connectivity index (χ4v) is 1.20. The Bertz CT molecular complexity index is 227. The third-order valence-electron chi connectivity index (χ3n) is 1.09. The molecule has 0 aliphatic heterocycles. The van der Waals surface area contributed by atoms with Crippen LogP contribution in [0, 0.1) is 0 Å². The standard InChI is InChI=1S/C7H8O2S.Na.H2O/c1-9-10(8)7-5-3-2-4-6-7;;/h2-6H,1H3;;1H2. The van der Waals surface area contributed by atoms with E-state index < -0.39 is 11.1 Å². The fourth-order valence-electron chi connectivity index (χ4n) is 0.628. The molecule has 0 spiro atoms. The first-order valence-electron chi connectivity index (χ1n) is 2.86. The van der Waals surface area contributed by atoms with E-state index in [2.05, 4.69) is 4.18 Å². The summed E-state index contributed by atoms with van der Waals surface area (Å²) >= 11 is -1.29. The third-order valence-corrected chi connectivity index (χ3v) is 2.05. The van der Waals surface area contributed by atoms with E-state index in [9.17, 15) is 4.21 Å². The molecule has 1 rings (SSSR count). The second-order valence-electron chi connectivity index (χ2n) is 1.71. The summed E-state index contributed by atoms with van der Waals surface area (Å²) in [6.07, 6.45) is 0. The molecule has 0 aromatic heterocycles. The topological polar surface area (TPSA) is 57.8 Å². The van der Waals surface area contributed by atoms with Gasteiger partial charge in [-0.15, -0.1) is 0 Å². The molecular formula is C7H10NaO3S. The predicted molar refractivity (Wildman–Crippen MR) is 49.2 cm³/mol. The van der Waals surface area contributed by atoms with Gasteiger partial charge < -0.3 is 5.48 Å². The average Bonchev–Trinajstić information content (AvgIpc) is 2.05. The van der Waals surface area contributed by atoms with Crippen LogP contribution in [0.3, 0.4) is 0 Å². The summed E-state index contributed by atoms with van der Waals surface area (Å²) in [6.45, 7) is 0. The van der Waals surface area contributed by atoms with Crippen molar-refractivity contribution in [3.05, 3.63) is 30.3 Å². The van der Waals surface area contributed by atoms with Crippen LogP contribution in [0.25, 0.3) is 0 Å². The molecule has 63 valence electrons. The molecule has 1 aromatic rings. The SMILES string of the molecule is COS(=O)c1ccccc1.O.[Na]. The molecule has 0 bridgehead atoms. The van der Waals surface area contributed by atoms with Crippen molar-refractivity contribution in [2.45, 2.75) is 4.90 Å². The van der Waals surface area contributed by atoms with Crippen molar-refractivity contribution in [3.63, 3.8) is 0 Å². The van der Waals surface area contributed by atoms with E-state index in [-0.39, 0.29) is 35.0 Å². The summed E-state index contributed by atoms with van der Waals surface area (Å²) in [4.78, 5) is 0.699.